The van der Waals surface area contributed by atoms with Gasteiger partial charge in [-0.2, -0.15) is 5.10 Å². The molecule has 3 rings (SSSR count). The lowest BCUT2D eigenvalue weighted by molar-refractivity contribution is -0.113. The SMILES string of the molecule is Cc1[nH]nc(NC(=O)c2ccc3c(c2)NC(=O)CS3)c1C. The number of thioether (sulfide) groups is 1. The number of anilines is 2. The Kier molecular flexibility index (Phi) is 3.42. The number of nitrogens with zero attached hydrogens (tertiary/aromatic N) is 1. The zero-order chi connectivity index (χ0) is 15.0. The van der Waals surface area contributed by atoms with Crippen molar-refractivity contribution in [1.29, 1.82) is 0 Å². The molecule has 21 heavy (non-hydrogen) atoms. The van der Waals surface area contributed by atoms with E-state index in [9.17, 15) is 9.59 Å². The molecule has 3 N–H and O–H groups in total. The zero-order valence-corrected chi connectivity index (χ0v) is 12.4. The largest absolute Gasteiger partial charge is 0.324 e. The van der Waals surface area contributed by atoms with Crippen LogP contribution in [0.15, 0.2) is 23.1 Å². The van der Waals surface area contributed by atoms with Crippen molar-refractivity contribution in [2.24, 2.45) is 0 Å². The van der Waals surface area contributed by atoms with E-state index in [0.29, 0.717) is 22.8 Å². The average molecular weight is 302 g/mol. The van der Waals surface area contributed by atoms with Crippen LogP contribution in [-0.2, 0) is 4.79 Å². The lowest BCUT2D eigenvalue weighted by Gasteiger charge is -2.16. The van der Waals surface area contributed by atoms with Gasteiger partial charge in [-0.25, -0.2) is 0 Å². The smallest absolute Gasteiger partial charge is 0.256 e. The summed E-state index contributed by atoms with van der Waals surface area (Å²) < 4.78 is 0. The van der Waals surface area contributed by atoms with Crippen molar-refractivity contribution in [1.82, 2.24) is 10.2 Å². The van der Waals surface area contributed by atoms with Crippen molar-refractivity contribution in [3.8, 4) is 0 Å². The number of carbonyl (C=O) groups excluding carboxylic acids is 2. The predicted molar refractivity (Wildman–Crippen MR) is 81.8 cm³/mol. The van der Waals surface area contributed by atoms with Gasteiger partial charge >= 0.3 is 0 Å². The number of amides is 2. The quantitative estimate of drug-likeness (QED) is 0.794. The number of H-pyrrole nitrogens is 1. The van der Waals surface area contributed by atoms with Crippen LogP contribution in [0.2, 0.25) is 0 Å². The summed E-state index contributed by atoms with van der Waals surface area (Å²) in [5.41, 5.74) is 2.99. The molecule has 108 valence electrons. The maximum absolute atomic E-state index is 12.3. The number of benzene rings is 1. The summed E-state index contributed by atoms with van der Waals surface area (Å²) in [5, 5.41) is 12.4. The van der Waals surface area contributed by atoms with E-state index in [0.717, 1.165) is 16.2 Å². The van der Waals surface area contributed by atoms with Crippen molar-refractivity contribution >= 4 is 35.1 Å². The van der Waals surface area contributed by atoms with Gasteiger partial charge in [-0.3, -0.25) is 14.7 Å². The second-order valence-electron chi connectivity index (χ2n) is 4.82. The lowest BCUT2D eigenvalue weighted by atomic mass is 10.1. The van der Waals surface area contributed by atoms with E-state index >= 15 is 0 Å². The Hall–Kier alpha value is -2.28. The molecule has 0 unspecified atom stereocenters. The van der Waals surface area contributed by atoms with E-state index < -0.39 is 0 Å². The molecule has 1 aromatic heterocycles. The third-order valence-electron chi connectivity index (χ3n) is 3.36. The minimum atomic E-state index is -0.253. The van der Waals surface area contributed by atoms with E-state index in [4.69, 9.17) is 0 Å². The molecule has 0 bridgehead atoms. The second kappa shape index (κ2) is 5.25. The van der Waals surface area contributed by atoms with Gasteiger partial charge in [0.1, 0.15) is 0 Å². The van der Waals surface area contributed by atoms with Crippen molar-refractivity contribution in [2.75, 3.05) is 16.4 Å². The fraction of sp³-hybridized carbons (Fsp3) is 0.214. The highest BCUT2D eigenvalue weighted by Gasteiger charge is 2.18. The molecule has 2 heterocycles. The monoisotopic (exact) mass is 302 g/mol. The van der Waals surface area contributed by atoms with Gasteiger partial charge in [0.2, 0.25) is 5.91 Å². The van der Waals surface area contributed by atoms with Gasteiger partial charge in [0.15, 0.2) is 5.82 Å². The Labute approximate surface area is 125 Å². The third-order valence-corrected chi connectivity index (χ3v) is 4.43. The zero-order valence-electron chi connectivity index (χ0n) is 11.6. The molecule has 0 aliphatic carbocycles. The highest BCUT2D eigenvalue weighted by atomic mass is 32.2. The van der Waals surface area contributed by atoms with Crippen LogP contribution < -0.4 is 10.6 Å². The van der Waals surface area contributed by atoms with Gasteiger partial charge in [-0.15, -0.1) is 11.8 Å². The molecule has 0 radical (unpaired) electrons. The van der Waals surface area contributed by atoms with E-state index in [1.54, 1.807) is 12.1 Å². The molecule has 1 aliphatic heterocycles. The van der Waals surface area contributed by atoms with E-state index in [-0.39, 0.29) is 11.8 Å². The number of aromatic nitrogens is 2. The molecule has 1 aliphatic rings. The minimum absolute atomic E-state index is 0.0520. The van der Waals surface area contributed by atoms with Crippen LogP contribution in [0.25, 0.3) is 0 Å². The first-order valence-electron chi connectivity index (χ1n) is 6.44. The Morgan fingerprint density at radius 3 is 2.90 bits per heavy atom. The highest BCUT2D eigenvalue weighted by Crippen LogP contribution is 2.32. The predicted octanol–water partition coefficient (Wildman–Crippen LogP) is 2.32. The fourth-order valence-electron chi connectivity index (χ4n) is 2.01. The molecule has 0 fully saturated rings. The van der Waals surface area contributed by atoms with Gasteiger partial charge in [0.25, 0.3) is 5.91 Å². The van der Waals surface area contributed by atoms with Crippen LogP contribution in [0.5, 0.6) is 0 Å². The van der Waals surface area contributed by atoms with Crippen molar-refractivity contribution in [3.05, 3.63) is 35.0 Å². The number of nitrogens with one attached hydrogen (secondary N) is 3. The molecule has 0 atom stereocenters. The Morgan fingerprint density at radius 2 is 2.19 bits per heavy atom. The maximum atomic E-state index is 12.3. The van der Waals surface area contributed by atoms with Gasteiger partial charge in [0.05, 0.1) is 11.4 Å². The first-order valence-corrected chi connectivity index (χ1v) is 7.43. The summed E-state index contributed by atoms with van der Waals surface area (Å²) in [5.74, 6) is 0.624. The van der Waals surface area contributed by atoms with Gasteiger partial charge < -0.3 is 10.6 Å². The summed E-state index contributed by atoms with van der Waals surface area (Å²) in [6, 6.07) is 5.27. The van der Waals surface area contributed by atoms with Crippen LogP contribution in [0.4, 0.5) is 11.5 Å². The number of carbonyl (C=O) groups is 2. The number of aryl methyl sites for hydroxylation is 1. The van der Waals surface area contributed by atoms with Gasteiger partial charge in [-0.05, 0) is 32.0 Å². The Balaban J connectivity index is 1.83. The summed E-state index contributed by atoms with van der Waals surface area (Å²) in [6.07, 6.45) is 0. The summed E-state index contributed by atoms with van der Waals surface area (Å²) in [7, 11) is 0. The number of aromatic amines is 1. The lowest BCUT2D eigenvalue weighted by Crippen LogP contribution is -2.20. The first kappa shape index (κ1) is 13.7. The third kappa shape index (κ3) is 2.64. The molecule has 0 saturated carbocycles. The topological polar surface area (TPSA) is 86.9 Å². The average Bonchev–Trinajstić information content (AvgIpc) is 2.78. The molecule has 1 aromatic carbocycles. The Bertz CT molecular complexity index is 739. The number of fused-ring (bicyclic) bond motifs is 1. The summed E-state index contributed by atoms with van der Waals surface area (Å²) in [4.78, 5) is 24.6. The molecule has 0 saturated heterocycles. The van der Waals surface area contributed by atoms with Crippen LogP contribution in [0.3, 0.4) is 0 Å². The normalized spacial score (nSPS) is 13.5. The second-order valence-corrected chi connectivity index (χ2v) is 5.84. The molecular weight excluding hydrogens is 288 g/mol. The number of hydrogen-bond acceptors (Lipinski definition) is 4. The van der Waals surface area contributed by atoms with Gasteiger partial charge in [0, 0.05) is 21.7 Å². The minimum Gasteiger partial charge on any atom is -0.324 e. The molecule has 6 nitrogen and oxygen atoms in total. The van der Waals surface area contributed by atoms with Crippen molar-refractivity contribution in [3.63, 3.8) is 0 Å². The highest BCUT2D eigenvalue weighted by molar-refractivity contribution is 8.00. The van der Waals surface area contributed by atoms with Crippen molar-refractivity contribution < 1.29 is 9.59 Å². The summed E-state index contributed by atoms with van der Waals surface area (Å²) in [6.45, 7) is 3.78. The van der Waals surface area contributed by atoms with Crippen molar-refractivity contribution in [2.45, 2.75) is 18.7 Å². The molecule has 7 heteroatoms. The molecule has 0 spiro atoms. The van der Waals surface area contributed by atoms with Crippen LogP contribution in [0.1, 0.15) is 21.6 Å². The summed E-state index contributed by atoms with van der Waals surface area (Å²) >= 11 is 1.47. The van der Waals surface area contributed by atoms with Crippen LogP contribution in [-0.4, -0.2) is 27.8 Å². The molecular formula is C14H14N4O2S. The number of hydrogen-bond donors (Lipinski definition) is 3. The molecule has 2 aromatic rings. The number of rotatable bonds is 2. The van der Waals surface area contributed by atoms with Crippen LogP contribution in [0, 0.1) is 13.8 Å². The van der Waals surface area contributed by atoms with Crippen LogP contribution >= 0.6 is 11.8 Å². The fourth-order valence-corrected chi connectivity index (χ4v) is 2.80. The van der Waals surface area contributed by atoms with E-state index in [1.165, 1.54) is 11.8 Å². The van der Waals surface area contributed by atoms with E-state index in [1.807, 2.05) is 19.9 Å². The first-order chi connectivity index (χ1) is 10.0. The molecule has 2 amide bonds. The standard InChI is InChI=1S/C14H14N4O2S/c1-7-8(2)17-18-13(7)16-14(20)9-3-4-11-10(5-9)15-12(19)6-21-11/h3-5H,6H2,1-2H3,(H,15,19)(H2,16,17,18,20). The van der Waals surface area contributed by atoms with E-state index in [2.05, 4.69) is 20.8 Å². The maximum Gasteiger partial charge on any atom is 0.256 e. The van der Waals surface area contributed by atoms with Gasteiger partial charge in [-0.1, -0.05) is 0 Å². The Morgan fingerprint density at radius 1 is 1.38 bits per heavy atom.